The molecule has 0 spiro atoms. The molecule has 6 atom stereocenters. The first-order valence-corrected chi connectivity index (χ1v) is 19.8. The van der Waals surface area contributed by atoms with Gasteiger partial charge in [-0.1, -0.05) is 46.3 Å². The molecule has 5 amide bonds. The summed E-state index contributed by atoms with van der Waals surface area (Å²) in [5, 5.41) is 24.7. The van der Waals surface area contributed by atoms with Gasteiger partial charge in [0.1, 0.15) is 29.9 Å². The molecular weight excluding hydrogens is 854 g/mol. The monoisotopic (exact) mass is 893 g/mol. The Hall–Kier alpha value is -6.34. The topological polar surface area (TPSA) is 249 Å². The molecular formula is C40H40BrN5O12S. The van der Waals surface area contributed by atoms with Gasteiger partial charge in [0.25, 0.3) is 11.8 Å². The molecule has 17 nitrogen and oxygen atoms in total. The molecule has 6 N–H and O–H groups in total. The second-order valence-corrected chi connectivity index (χ2v) is 15.4. The van der Waals surface area contributed by atoms with E-state index < -0.39 is 83.8 Å². The number of benzene rings is 2. The molecule has 0 saturated heterocycles. The molecule has 0 aliphatic carbocycles. The first-order chi connectivity index (χ1) is 28.1. The molecule has 2 aromatic heterocycles. The van der Waals surface area contributed by atoms with Gasteiger partial charge in [0.2, 0.25) is 29.9 Å². The molecule has 0 saturated carbocycles. The van der Waals surface area contributed by atoms with E-state index in [1.165, 1.54) is 41.9 Å². The Balaban J connectivity index is 1.59. The number of halogens is 1. The quantitative estimate of drug-likeness (QED) is 0.105. The lowest BCUT2D eigenvalue weighted by Crippen LogP contribution is -2.60. The maximum atomic E-state index is 14.3. The Labute approximate surface area is 349 Å². The van der Waals surface area contributed by atoms with Crippen molar-refractivity contribution in [2.75, 3.05) is 5.32 Å². The second kappa shape index (κ2) is 20.4. The summed E-state index contributed by atoms with van der Waals surface area (Å²) >= 11 is 4.63. The normalized spacial score (nSPS) is 22.1. The zero-order valence-electron chi connectivity index (χ0n) is 31.6. The fourth-order valence-corrected chi connectivity index (χ4v) is 7.07. The fraction of sp³-hybridized carbons (Fsp3) is 0.300. The number of furan rings is 1. The van der Waals surface area contributed by atoms with Gasteiger partial charge in [0, 0.05) is 54.6 Å². The van der Waals surface area contributed by atoms with Crippen LogP contribution in [0.5, 0.6) is 0 Å². The Morgan fingerprint density at radius 1 is 0.712 bits per heavy atom. The van der Waals surface area contributed by atoms with Gasteiger partial charge in [-0.3, -0.25) is 33.6 Å². The number of carbonyl (C=O) groups excluding carboxylic acids is 7. The van der Waals surface area contributed by atoms with E-state index in [9.17, 15) is 43.5 Å². The third-order valence-corrected chi connectivity index (χ3v) is 10.3. The molecule has 0 radical (unpaired) electrons. The van der Waals surface area contributed by atoms with Crippen molar-refractivity contribution in [3.63, 3.8) is 0 Å². The van der Waals surface area contributed by atoms with Crippen molar-refractivity contribution in [1.82, 2.24) is 21.3 Å². The van der Waals surface area contributed by atoms with Crippen LogP contribution in [0.3, 0.4) is 0 Å². The summed E-state index contributed by atoms with van der Waals surface area (Å²) < 4.78 is 16.7. The van der Waals surface area contributed by atoms with Gasteiger partial charge < -0.3 is 45.6 Å². The third-order valence-electron chi connectivity index (χ3n) is 8.88. The number of fused-ring (bicyclic) bond motifs is 18. The number of thiophene rings is 1. The highest BCUT2D eigenvalue weighted by molar-refractivity contribution is 9.10. The average Bonchev–Trinajstić information content (AvgIpc) is 3.91. The van der Waals surface area contributed by atoms with Gasteiger partial charge in [-0.15, -0.1) is 11.3 Å². The number of esters is 2. The van der Waals surface area contributed by atoms with E-state index in [0.29, 0.717) is 21.8 Å². The maximum Gasteiger partial charge on any atom is 0.326 e. The van der Waals surface area contributed by atoms with Crippen molar-refractivity contribution in [3.8, 4) is 0 Å². The number of rotatable bonds is 9. The summed E-state index contributed by atoms with van der Waals surface area (Å²) in [5.41, 5.74) is 1.12. The number of amides is 5. The van der Waals surface area contributed by atoms with E-state index in [1.54, 1.807) is 53.9 Å². The van der Waals surface area contributed by atoms with Crippen LogP contribution in [0.4, 0.5) is 5.69 Å². The van der Waals surface area contributed by atoms with Gasteiger partial charge >= 0.3 is 17.9 Å². The molecule has 2 aliphatic rings. The Bertz CT molecular complexity index is 2150. The van der Waals surface area contributed by atoms with Crippen molar-refractivity contribution in [3.05, 3.63) is 111 Å². The van der Waals surface area contributed by atoms with E-state index in [1.807, 2.05) is 0 Å². The number of hydrogen-bond donors (Lipinski definition) is 6. The van der Waals surface area contributed by atoms with Gasteiger partial charge in [0.15, 0.2) is 0 Å². The highest BCUT2D eigenvalue weighted by Crippen LogP contribution is 2.18. The SMILES string of the molecule is CC(=O)OC1C(=O)N[C@H](Cc2cccs2)C(=O)N[C@@H](Cc2ccc(Br)cc2)C(=O)N[C@H](Cc2ccco2)C(=O)N[C@@H](C(=O)O)Cc2ccc(cc2)NC(=O)[C@@H]1OC(C)=O. The van der Waals surface area contributed by atoms with Crippen LogP contribution in [-0.4, -0.2) is 88.9 Å². The zero-order valence-corrected chi connectivity index (χ0v) is 34.0. The standard InChI is InChI=1S/C40H40BrN5O12S/c1-21(47)57-33-34(58-22(2)48)39(53)45-31(20-28-6-4-16-59-28)37(51)43-29(17-23-7-11-25(41)12-8-23)35(49)44-30(19-27-5-3-15-56-27)36(50)46-32(40(54)55)18-24-9-13-26(14-10-24)42-38(33)52/h3-16,29-34H,17-20H2,1-2H3,(H,42,52)(H,43,51)(H,44,49)(H,45,53)(H,46,50)(H,54,55)/t29-,30+,31+,32+,33+,34?/m0/s1. The molecule has 0 fully saturated rings. The average molecular weight is 895 g/mol. The number of ether oxygens (including phenoxy) is 2. The van der Waals surface area contributed by atoms with Crippen molar-refractivity contribution in [1.29, 1.82) is 0 Å². The van der Waals surface area contributed by atoms with E-state index in [4.69, 9.17) is 13.9 Å². The summed E-state index contributed by atoms with van der Waals surface area (Å²) in [6.07, 6.45) is -3.44. The smallest absolute Gasteiger partial charge is 0.326 e. The predicted octanol–water partition coefficient (Wildman–Crippen LogP) is 2.21. The van der Waals surface area contributed by atoms with Crippen LogP contribution < -0.4 is 26.6 Å². The summed E-state index contributed by atoms with van der Waals surface area (Å²) in [5.74, 6) is -7.95. The molecule has 2 aliphatic heterocycles. The Morgan fingerprint density at radius 2 is 1.29 bits per heavy atom. The van der Waals surface area contributed by atoms with Crippen LogP contribution in [0.1, 0.15) is 35.6 Å². The van der Waals surface area contributed by atoms with Gasteiger partial charge in [0.05, 0.1) is 6.26 Å². The largest absolute Gasteiger partial charge is 0.480 e. The summed E-state index contributed by atoms with van der Waals surface area (Å²) in [6, 6.07) is 13.4. The van der Waals surface area contributed by atoms with Gasteiger partial charge in [-0.05, 0) is 59.0 Å². The Kier molecular flexibility index (Phi) is 15.1. The van der Waals surface area contributed by atoms with Crippen LogP contribution in [0.25, 0.3) is 0 Å². The first kappa shape index (κ1) is 43.8. The molecule has 2 bridgehead atoms. The summed E-state index contributed by atoms with van der Waals surface area (Å²) in [7, 11) is 0. The number of nitrogens with one attached hydrogen (secondary N) is 5. The molecule has 4 heterocycles. The minimum atomic E-state index is -2.10. The molecule has 6 rings (SSSR count). The molecule has 1 unspecified atom stereocenters. The Morgan fingerprint density at radius 3 is 1.85 bits per heavy atom. The number of aliphatic carboxylic acids is 1. The molecule has 310 valence electrons. The van der Waals surface area contributed by atoms with Crippen LogP contribution in [0.2, 0.25) is 0 Å². The summed E-state index contributed by atoms with van der Waals surface area (Å²) in [4.78, 5) is 108. The predicted molar refractivity (Wildman–Crippen MR) is 214 cm³/mol. The molecule has 19 heteroatoms. The first-order valence-electron chi connectivity index (χ1n) is 18.1. The van der Waals surface area contributed by atoms with Crippen molar-refractivity contribution < 1.29 is 57.4 Å². The number of carboxylic acids is 1. The number of anilines is 1. The second-order valence-electron chi connectivity index (χ2n) is 13.4. The molecule has 4 aromatic rings. The van der Waals surface area contributed by atoms with Crippen molar-refractivity contribution in [2.24, 2.45) is 0 Å². The number of hydrogen-bond acceptors (Lipinski definition) is 12. The van der Waals surface area contributed by atoms with Crippen LogP contribution in [-0.2, 0) is 73.5 Å². The highest BCUT2D eigenvalue weighted by atomic mass is 79.9. The molecule has 2 aromatic carbocycles. The van der Waals surface area contributed by atoms with E-state index >= 15 is 0 Å². The lowest BCUT2D eigenvalue weighted by atomic mass is 10.0. The van der Waals surface area contributed by atoms with Crippen molar-refractivity contribution >= 4 is 80.4 Å². The van der Waals surface area contributed by atoms with E-state index in [2.05, 4.69) is 42.5 Å². The zero-order chi connectivity index (χ0) is 42.6. The maximum absolute atomic E-state index is 14.3. The lowest BCUT2D eigenvalue weighted by molar-refractivity contribution is -0.173. The third kappa shape index (κ3) is 12.8. The van der Waals surface area contributed by atoms with E-state index in [0.717, 1.165) is 18.3 Å². The fourth-order valence-electron chi connectivity index (χ4n) is 6.05. The van der Waals surface area contributed by atoms with Crippen LogP contribution in [0.15, 0.2) is 93.3 Å². The minimum absolute atomic E-state index is 0.113. The molecule has 59 heavy (non-hydrogen) atoms. The minimum Gasteiger partial charge on any atom is -0.480 e. The van der Waals surface area contributed by atoms with Crippen LogP contribution in [0, 0.1) is 0 Å². The lowest BCUT2D eigenvalue weighted by Gasteiger charge is -2.28. The van der Waals surface area contributed by atoms with Gasteiger partial charge in [-0.25, -0.2) is 4.79 Å². The number of carbonyl (C=O) groups is 8. The van der Waals surface area contributed by atoms with Crippen molar-refractivity contribution in [2.45, 2.75) is 75.9 Å². The van der Waals surface area contributed by atoms with E-state index in [-0.39, 0.29) is 31.4 Å². The van der Waals surface area contributed by atoms with Crippen LogP contribution >= 0.6 is 27.3 Å². The van der Waals surface area contributed by atoms with Gasteiger partial charge in [-0.2, -0.15) is 0 Å². The number of carboxylic acid groups (broad SMARTS) is 1. The highest BCUT2D eigenvalue weighted by Gasteiger charge is 2.41. The summed E-state index contributed by atoms with van der Waals surface area (Å²) in [6.45, 7) is 1.95.